The lowest BCUT2D eigenvalue weighted by Gasteiger charge is -2.12. The standard InChI is InChI=1S/C52H33N3S/c1-4-14-34(15-5-1)35-26-28-36(29-27-35)48-51-49(54-52(53-48)37-16-6-2-7-17-37)45-31-30-39(33-47(45)56-51)38-18-12-19-40(32-38)42-23-13-24-44-43-22-10-11-25-46(43)55(50(42)44)41-20-8-3-9-21-41/h1-33H. The molecule has 0 atom stereocenters. The Morgan fingerprint density at radius 2 is 0.982 bits per heavy atom. The van der Waals surface area contributed by atoms with Crippen LogP contribution in [0, 0.1) is 0 Å². The largest absolute Gasteiger partial charge is 0.309 e. The second-order valence-corrected chi connectivity index (χ2v) is 15.2. The minimum Gasteiger partial charge on any atom is -0.309 e. The van der Waals surface area contributed by atoms with Crippen molar-refractivity contribution in [1.82, 2.24) is 14.5 Å². The molecule has 3 aromatic heterocycles. The van der Waals surface area contributed by atoms with E-state index >= 15 is 0 Å². The number of aromatic nitrogens is 3. The zero-order valence-corrected chi connectivity index (χ0v) is 31.1. The minimum absolute atomic E-state index is 0.735. The van der Waals surface area contributed by atoms with Gasteiger partial charge in [-0.05, 0) is 58.1 Å². The highest BCUT2D eigenvalue weighted by Gasteiger charge is 2.19. The lowest BCUT2D eigenvalue weighted by Crippen LogP contribution is -1.95. The molecule has 0 N–H and O–H groups in total. The average molecular weight is 732 g/mol. The molecular weight excluding hydrogens is 699 g/mol. The first kappa shape index (κ1) is 32.3. The summed E-state index contributed by atoms with van der Waals surface area (Å²) < 4.78 is 4.70. The highest BCUT2D eigenvalue weighted by Crippen LogP contribution is 2.43. The second-order valence-electron chi connectivity index (χ2n) is 14.2. The third-order valence-electron chi connectivity index (χ3n) is 10.8. The van der Waals surface area contributed by atoms with Gasteiger partial charge in [0.25, 0.3) is 0 Å². The molecule has 0 aliphatic heterocycles. The molecule has 3 nitrogen and oxygen atoms in total. The van der Waals surface area contributed by atoms with Crippen LogP contribution in [0.4, 0.5) is 0 Å². The van der Waals surface area contributed by atoms with Gasteiger partial charge >= 0.3 is 0 Å². The van der Waals surface area contributed by atoms with E-state index in [-0.39, 0.29) is 0 Å². The van der Waals surface area contributed by atoms with Crippen LogP contribution in [0.25, 0.3) is 104 Å². The Morgan fingerprint density at radius 1 is 0.393 bits per heavy atom. The lowest BCUT2D eigenvalue weighted by atomic mass is 9.97. The van der Waals surface area contributed by atoms with Crippen molar-refractivity contribution >= 4 is 53.4 Å². The van der Waals surface area contributed by atoms with Crippen molar-refractivity contribution in [3.8, 4) is 61.7 Å². The molecule has 0 saturated heterocycles. The van der Waals surface area contributed by atoms with Crippen LogP contribution in [0.5, 0.6) is 0 Å². The van der Waals surface area contributed by atoms with Crippen LogP contribution in [-0.4, -0.2) is 14.5 Å². The molecule has 11 rings (SSSR count). The maximum atomic E-state index is 5.23. The van der Waals surface area contributed by atoms with Gasteiger partial charge in [0.05, 0.1) is 26.9 Å². The number of nitrogens with zero attached hydrogens (tertiary/aromatic N) is 3. The van der Waals surface area contributed by atoms with Crippen LogP contribution in [0.1, 0.15) is 0 Å². The summed E-state index contributed by atoms with van der Waals surface area (Å²) in [6, 6.07) is 71.5. The van der Waals surface area contributed by atoms with Crippen molar-refractivity contribution in [3.05, 3.63) is 200 Å². The van der Waals surface area contributed by atoms with Gasteiger partial charge in [-0.1, -0.05) is 170 Å². The van der Waals surface area contributed by atoms with E-state index in [1.54, 1.807) is 11.3 Å². The van der Waals surface area contributed by atoms with Crippen LogP contribution < -0.4 is 0 Å². The Morgan fingerprint density at radius 3 is 1.79 bits per heavy atom. The Balaban J connectivity index is 1.05. The molecular formula is C52H33N3S. The maximum absolute atomic E-state index is 5.23. The number of fused-ring (bicyclic) bond motifs is 6. The third kappa shape index (κ3) is 5.42. The van der Waals surface area contributed by atoms with Crippen molar-refractivity contribution < 1.29 is 0 Å². The number of benzene rings is 8. The Bertz CT molecular complexity index is 3220. The van der Waals surface area contributed by atoms with E-state index in [2.05, 4.69) is 187 Å². The first-order chi connectivity index (χ1) is 27.8. The zero-order chi connectivity index (χ0) is 37.0. The molecule has 56 heavy (non-hydrogen) atoms. The van der Waals surface area contributed by atoms with Gasteiger partial charge in [-0.2, -0.15) is 0 Å². The van der Waals surface area contributed by atoms with E-state index in [1.165, 1.54) is 59.9 Å². The SMILES string of the molecule is c1ccc(-c2ccc(-c3nc(-c4ccccc4)nc4c3sc3cc(-c5cccc(-c6cccc7c8ccccc8n(-c8ccccc8)c67)c5)ccc34)cc2)cc1. The maximum Gasteiger partial charge on any atom is 0.160 e. The highest BCUT2D eigenvalue weighted by atomic mass is 32.1. The molecule has 0 bridgehead atoms. The summed E-state index contributed by atoms with van der Waals surface area (Å²) in [6.45, 7) is 0. The smallest absolute Gasteiger partial charge is 0.160 e. The number of hydrogen-bond donors (Lipinski definition) is 0. The van der Waals surface area contributed by atoms with E-state index < -0.39 is 0 Å². The van der Waals surface area contributed by atoms with Crippen LogP contribution in [0.15, 0.2) is 200 Å². The molecule has 0 aliphatic rings. The topological polar surface area (TPSA) is 30.7 Å². The predicted molar refractivity (Wildman–Crippen MR) is 236 cm³/mol. The molecule has 0 fully saturated rings. The molecule has 4 heteroatoms. The Labute approximate surface area is 328 Å². The number of thiophene rings is 1. The van der Waals surface area contributed by atoms with Gasteiger partial charge in [-0.25, -0.2) is 9.97 Å². The molecule has 3 heterocycles. The van der Waals surface area contributed by atoms with Gasteiger partial charge in [0.2, 0.25) is 0 Å². The lowest BCUT2D eigenvalue weighted by molar-refractivity contribution is 1.18. The molecule has 0 spiro atoms. The normalized spacial score (nSPS) is 11.6. The molecule has 0 saturated carbocycles. The van der Waals surface area contributed by atoms with Gasteiger partial charge in [-0.3, -0.25) is 0 Å². The van der Waals surface area contributed by atoms with Gasteiger partial charge in [0.1, 0.15) is 0 Å². The van der Waals surface area contributed by atoms with Gasteiger partial charge in [-0.15, -0.1) is 11.3 Å². The zero-order valence-electron chi connectivity index (χ0n) is 30.3. The van der Waals surface area contributed by atoms with E-state index in [4.69, 9.17) is 9.97 Å². The fourth-order valence-corrected chi connectivity index (χ4v) is 9.34. The van der Waals surface area contributed by atoms with Crippen molar-refractivity contribution in [3.63, 3.8) is 0 Å². The average Bonchev–Trinajstić information content (AvgIpc) is 3.83. The van der Waals surface area contributed by atoms with Gasteiger partial charge in [0, 0.05) is 43.2 Å². The van der Waals surface area contributed by atoms with Crippen LogP contribution in [0.3, 0.4) is 0 Å². The molecule has 11 aromatic rings. The van der Waals surface area contributed by atoms with Gasteiger partial charge in [0.15, 0.2) is 5.82 Å². The summed E-state index contributed by atoms with van der Waals surface area (Å²) in [5.41, 5.74) is 14.7. The Hall–Kier alpha value is -7.14. The molecule has 0 aliphatic carbocycles. The van der Waals surface area contributed by atoms with E-state index in [9.17, 15) is 0 Å². The Kier molecular flexibility index (Phi) is 7.68. The van der Waals surface area contributed by atoms with E-state index in [0.29, 0.717) is 0 Å². The summed E-state index contributed by atoms with van der Waals surface area (Å²) >= 11 is 1.77. The quantitative estimate of drug-likeness (QED) is 0.170. The van der Waals surface area contributed by atoms with Gasteiger partial charge < -0.3 is 4.57 Å². The molecule has 0 amide bonds. The van der Waals surface area contributed by atoms with Crippen molar-refractivity contribution in [1.29, 1.82) is 0 Å². The van der Waals surface area contributed by atoms with Crippen LogP contribution in [0.2, 0.25) is 0 Å². The summed E-state index contributed by atoms with van der Waals surface area (Å²) in [5.74, 6) is 0.735. The summed E-state index contributed by atoms with van der Waals surface area (Å²) in [6.07, 6.45) is 0. The van der Waals surface area contributed by atoms with Crippen LogP contribution in [-0.2, 0) is 0 Å². The van der Waals surface area contributed by atoms with Crippen molar-refractivity contribution in [2.24, 2.45) is 0 Å². The van der Waals surface area contributed by atoms with Crippen molar-refractivity contribution in [2.75, 3.05) is 0 Å². The van der Waals surface area contributed by atoms with E-state index in [1.807, 2.05) is 18.2 Å². The third-order valence-corrected chi connectivity index (χ3v) is 12.0. The summed E-state index contributed by atoms with van der Waals surface area (Å²) in [7, 11) is 0. The number of rotatable bonds is 6. The number of para-hydroxylation sites is 3. The van der Waals surface area contributed by atoms with E-state index in [0.717, 1.165) is 43.9 Å². The molecule has 8 aromatic carbocycles. The first-order valence-corrected chi connectivity index (χ1v) is 19.7. The predicted octanol–water partition coefficient (Wildman–Crippen LogP) is 14.3. The molecule has 262 valence electrons. The molecule has 0 unspecified atom stereocenters. The monoisotopic (exact) mass is 731 g/mol. The second kappa shape index (κ2) is 13.3. The highest BCUT2D eigenvalue weighted by molar-refractivity contribution is 7.26. The first-order valence-electron chi connectivity index (χ1n) is 18.9. The van der Waals surface area contributed by atoms with Crippen LogP contribution >= 0.6 is 11.3 Å². The summed E-state index contributed by atoms with van der Waals surface area (Å²) in [4.78, 5) is 10.4. The fourth-order valence-electron chi connectivity index (χ4n) is 8.15. The minimum atomic E-state index is 0.735. The fraction of sp³-hybridized carbons (Fsp3) is 0. The summed E-state index contributed by atoms with van der Waals surface area (Å²) in [5, 5.41) is 3.65. The van der Waals surface area contributed by atoms with Crippen molar-refractivity contribution in [2.45, 2.75) is 0 Å². The molecule has 0 radical (unpaired) electrons. The number of hydrogen-bond acceptors (Lipinski definition) is 3.